The van der Waals surface area contributed by atoms with Crippen LogP contribution in [-0.2, 0) is 0 Å². The van der Waals surface area contributed by atoms with Crippen LogP contribution in [0.15, 0.2) is 54.9 Å². The van der Waals surface area contributed by atoms with E-state index in [2.05, 4.69) is 16.0 Å². The van der Waals surface area contributed by atoms with E-state index in [4.69, 9.17) is 0 Å². The molecule has 3 saturated heterocycles. The number of fused-ring (bicyclic) bond motifs is 4. The van der Waals surface area contributed by atoms with E-state index >= 15 is 0 Å². The van der Waals surface area contributed by atoms with Crippen LogP contribution >= 0.6 is 0 Å². The summed E-state index contributed by atoms with van der Waals surface area (Å²) in [6.45, 7) is 3.49. The van der Waals surface area contributed by atoms with Crippen molar-refractivity contribution in [3.05, 3.63) is 71.8 Å². The molecule has 3 aliphatic rings. The summed E-state index contributed by atoms with van der Waals surface area (Å²) < 4.78 is 13.0. The van der Waals surface area contributed by atoms with Crippen LogP contribution < -0.4 is 0 Å². The normalized spacial score (nSPS) is 22.9. The minimum atomic E-state index is -0.212. The van der Waals surface area contributed by atoms with Gasteiger partial charge in [0, 0.05) is 50.2 Å². The molecule has 0 spiro atoms. The molecule has 5 rings (SSSR count). The van der Waals surface area contributed by atoms with Crippen molar-refractivity contribution in [1.82, 2.24) is 14.8 Å². The number of halogens is 1. The zero-order chi connectivity index (χ0) is 18.6. The second-order valence-electron chi connectivity index (χ2n) is 7.45. The third kappa shape index (κ3) is 4.25. The number of benzene rings is 1. The molecule has 2 atom stereocenters. The van der Waals surface area contributed by atoms with Crippen LogP contribution in [0.4, 0.5) is 4.39 Å². The van der Waals surface area contributed by atoms with E-state index in [9.17, 15) is 9.18 Å². The second-order valence-corrected chi connectivity index (χ2v) is 7.45. The van der Waals surface area contributed by atoms with Gasteiger partial charge >= 0.3 is 0 Å². The van der Waals surface area contributed by atoms with Gasteiger partial charge in [-0.25, -0.2) is 4.39 Å². The first-order valence-electron chi connectivity index (χ1n) is 9.54. The van der Waals surface area contributed by atoms with Crippen LogP contribution in [0, 0.1) is 11.7 Å². The topological polar surface area (TPSA) is 36.4 Å². The lowest BCUT2D eigenvalue weighted by Gasteiger charge is -2.35. The number of aromatic nitrogens is 1. The van der Waals surface area contributed by atoms with Gasteiger partial charge in [0.15, 0.2) is 0 Å². The minimum Gasteiger partial charge on any atom is -0.337 e. The van der Waals surface area contributed by atoms with E-state index < -0.39 is 0 Å². The van der Waals surface area contributed by atoms with Crippen LogP contribution in [-0.4, -0.2) is 52.9 Å². The molecule has 0 aliphatic carbocycles. The van der Waals surface area contributed by atoms with Crippen molar-refractivity contribution >= 4 is 12.0 Å². The number of amides is 1. The Balaban J connectivity index is 1.41. The largest absolute Gasteiger partial charge is 0.337 e. The molecule has 3 fully saturated rings. The molecule has 2 aromatic rings. The molecule has 140 valence electrons. The van der Waals surface area contributed by atoms with Crippen LogP contribution in [0.5, 0.6) is 0 Å². The first-order valence-corrected chi connectivity index (χ1v) is 9.54. The van der Waals surface area contributed by atoms with Crippen molar-refractivity contribution in [3.63, 3.8) is 0 Å². The molecule has 0 saturated carbocycles. The molecule has 0 radical (unpaired) electrons. The highest BCUT2D eigenvalue weighted by Gasteiger charge is 2.36. The summed E-state index contributed by atoms with van der Waals surface area (Å²) >= 11 is 0. The van der Waals surface area contributed by atoms with Crippen LogP contribution in [0.3, 0.4) is 0 Å². The summed E-state index contributed by atoms with van der Waals surface area (Å²) in [4.78, 5) is 21.3. The van der Waals surface area contributed by atoms with Gasteiger partial charge in [-0.2, -0.15) is 0 Å². The number of rotatable bonds is 4. The van der Waals surface area contributed by atoms with Gasteiger partial charge in [-0.1, -0.05) is 24.3 Å². The van der Waals surface area contributed by atoms with E-state index in [1.54, 1.807) is 36.7 Å². The van der Waals surface area contributed by atoms with Crippen molar-refractivity contribution in [2.45, 2.75) is 18.9 Å². The van der Waals surface area contributed by atoms with Gasteiger partial charge in [-0.05, 0) is 48.6 Å². The fourth-order valence-corrected chi connectivity index (χ4v) is 4.14. The summed E-state index contributed by atoms with van der Waals surface area (Å²) in [6, 6.07) is 10.5. The summed E-state index contributed by atoms with van der Waals surface area (Å²) in [5.74, 6) is 0.419. The van der Waals surface area contributed by atoms with Gasteiger partial charge in [-0.15, -0.1) is 0 Å². The standard InChI is InChI=1S/C22H24FN3O/c23-20-6-3-17(4-7-20)2-1-13-25-14-18-5-8-21(25)16-26(15-18)22(27)19-9-11-24-12-10-19/h1-4,6-7,9-12,18,21H,5,8,13-16H2/b2-1+/t18-,21-/m0/s1. The molecule has 0 N–H and O–H groups in total. The average molecular weight is 365 g/mol. The molecular weight excluding hydrogens is 341 g/mol. The molecule has 5 heteroatoms. The maximum absolute atomic E-state index is 13.0. The van der Waals surface area contributed by atoms with Crippen LogP contribution in [0.25, 0.3) is 6.08 Å². The van der Waals surface area contributed by atoms with Gasteiger partial charge in [-0.3, -0.25) is 14.7 Å². The van der Waals surface area contributed by atoms with Crippen molar-refractivity contribution in [3.8, 4) is 0 Å². The number of hydrogen-bond donors (Lipinski definition) is 0. The third-order valence-corrected chi connectivity index (χ3v) is 5.56. The SMILES string of the molecule is O=C(c1ccncc1)N1C[C@H]2CC[C@@H](C1)N(C/C=C/c1ccc(F)cc1)C2. The minimum absolute atomic E-state index is 0.109. The Hall–Kier alpha value is -2.53. The van der Waals surface area contributed by atoms with E-state index in [1.165, 1.54) is 18.6 Å². The smallest absolute Gasteiger partial charge is 0.254 e. The lowest BCUT2D eigenvalue weighted by atomic mass is 9.95. The molecule has 1 aromatic carbocycles. The Morgan fingerprint density at radius 1 is 1.07 bits per heavy atom. The molecule has 1 aromatic heterocycles. The Bertz CT molecular complexity index is 806. The van der Waals surface area contributed by atoms with Crippen LogP contribution in [0.1, 0.15) is 28.8 Å². The van der Waals surface area contributed by atoms with Crippen molar-refractivity contribution in [1.29, 1.82) is 0 Å². The van der Waals surface area contributed by atoms with Gasteiger partial charge in [0.05, 0.1) is 0 Å². The number of piperidine rings is 1. The molecule has 0 unspecified atom stereocenters. The molecule has 1 amide bonds. The van der Waals surface area contributed by atoms with Crippen LogP contribution in [0.2, 0.25) is 0 Å². The number of carbonyl (C=O) groups is 1. The van der Waals surface area contributed by atoms with Gasteiger partial charge < -0.3 is 4.90 Å². The molecule has 4 heterocycles. The maximum Gasteiger partial charge on any atom is 0.254 e. The fourth-order valence-electron chi connectivity index (χ4n) is 4.14. The monoisotopic (exact) mass is 365 g/mol. The highest BCUT2D eigenvalue weighted by atomic mass is 19.1. The summed E-state index contributed by atoms with van der Waals surface area (Å²) in [5.41, 5.74) is 1.72. The Labute approximate surface area is 159 Å². The lowest BCUT2D eigenvalue weighted by Crippen LogP contribution is -2.44. The average Bonchev–Trinajstić information content (AvgIpc) is 3.01. The summed E-state index contributed by atoms with van der Waals surface area (Å²) in [5, 5.41) is 0. The molecule has 27 heavy (non-hydrogen) atoms. The number of pyridine rings is 1. The lowest BCUT2D eigenvalue weighted by molar-refractivity contribution is 0.0740. The summed E-state index contributed by atoms with van der Waals surface area (Å²) in [6.07, 6.45) is 9.84. The van der Waals surface area contributed by atoms with Gasteiger partial charge in [0.25, 0.3) is 5.91 Å². The third-order valence-electron chi connectivity index (χ3n) is 5.56. The quantitative estimate of drug-likeness (QED) is 0.832. The van der Waals surface area contributed by atoms with Crippen molar-refractivity contribution in [2.24, 2.45) is 5.92 Å². The van der Waals surface area contributed by atoms with Crippen molar-refractivity contribution in [2.75, 3.05) is 26.2 Å². The highest BCUT2D eigenvalue weighted by Crippen LogP contribution is 2.28. The van der Waals surface area contributed by atoms with Crippen molar-refractivity contribution < 1.29 is 9.18 Å². The first kappa shape index (κ1) is 17.9. The Morgan fingerprint density at radius 2 is 1.85 bits per heavy atom. The number of nitrogens with zero attached hydrogens (tertiary/aromatic N) is 3. The predicted molar refractivity (Wildman–Crippen MR) is 104 cm³/mol. The molecule has 3 aliphatic heterocycles. The number of hydrogen-bond acceptors (Lipinski definition) is 3. The molecule has 2 bridgehead atoms. The molecule has 4 nitrogen and oxygen atoms in total. The number of carbonyl (C=O) groups excluding carboxylic acids is 1. The van der Waals surface area contributed by atoms with E-state index in [1.807, 2.05) is 11.0 Å². The maximum atomic E-state index is 13.0. The van der Waals surface area contributed by atoms with E-state index in [0.717, 1.165) is 38.2 Å². The Morgan fingerprint density at radius 3 is 2.63 bits per heavy atom. The fraction of sp³-hybridized carbons (Fsp3) is 0.364. The zero-order valence-electron chi connectivity index (χ0n) is 15.3. The zero-order valence-corrected chi connectivity index (χ0v) is 15.3. The summed E-state index contributed by atoms with van der Waals surface area (Å²) in [7, 11) is 0. The first-order chi connectivity index (χ1) is 13.2. The van der Waals surface area contributed by atoms with Gasteiger partial charge in [0.1, 0.15) is 5.82 Å². The Kier molecular flexibility index (Phi) is 5.30. The van der Waals surface area contributed by atoms with Gasteiger partial charge in [0.2, 0.25) is 0 Å². The second kappa shape index (κ2) is 8.01. The van der Waals surface area contributed by atoms with E-state index in [0.29, 0.717) is 17.5 Å². The molecular formula is C22H24FN3O. The highest BCUT2D eigenvalue weighted by molar-refractivity contribution is 5.94. The van der Waals surface area contributed by atoms with E-state index in [-0.39, 0.29) is 11.7 Å². The predicted octanol–water partition coefficient (Wildman–Crippen LogP) is 3.47.